The molecule has 0 bridgehead atoms. The predicted molar refractivity (Wildman–Crippen MR) is 47.7 cm³/mol. The molecule has 0 saturated heterocycles. The Morgan fingerprint density at radius 1 is 1.50 bits per heavy atom. The van der Waals surface area contributed by atoms with Gasteiger partial charge in [-0.25, -0.2) is 0 Å². The van der Waals surface area contributed by atoms with E-state index in [9.17, 15) is 0 Å². The van der Waals surface area contributed by atoms with Gasteiger partial charge in [-0.2, -0.15) is 5.10 Å². The summed E-state index contributed by atoms with van der Waals surface area (Å²) in [4.78, 5) is 0. The third kappa shape index (κ3) is 1.02. The smallest absolute Gasteiger partial charge is 0.138 e. The van der Waals surface area contributed by atoms with E-state index in [4.69, 9.17) is 16.3 Å². The van der Waals surface area contributed by atoms with Crippen molar-refractivity contribution in [2.24, 2.45) is 0 Å². The topological polar surface area (TPSA) is 37.9 Å². The number of nitrogens with zero attached hydrogens (tertiary/aromatic N) is 1. The largest absolute Gasteiger partial charge is 0.495 e. The van der Waals surface area contributed by atoms with E-state index in [1.165, 1.54) is 0 Å². The minimum Gasteiger partial charge on any atom is -0.495 e. The maximum Gasteiger partial charge on any atom is 0.138 e. The van der Waals surface area contributed by atoms with Crippen LogP contribution in [0.1, 0.15) is 0 Å². The van der Waals surface area contributed by atoms with Gasteiger partial charge in [-0.3, -0.25) is 5.10 Å². The molecule has 0 fully saturated rings. The second-order valence-corrected chi connectivity index (χ2v) is 2.85. The van der Waals surface area contributed by atoms with Gasteiger partial charge in [0, 0.05) is 5.39 Å². The summed E-state index contributed by atoms with van der Waals surface area (Å²) in [5.41, 5.74) is 0.917. The number of aromatic amines is 1. The van der Waals surface area contributed by atoms with Crippen molar-refractivity contribution in [3.63, 3.8) is 0 Å². The van der Waals surface area contributed by atoms with Gasteiger partial charge < -0.3 is 4.74 Å². The van der Waals surface area contributed by atoms with E-state index < -0.39 is 0 Å². The lowest BCUT2D eigenvalue weighted by molar-refractivity contribution is 0.415. The van der Waals surface area contributed by atoms with Crippen molar-refractivity contribution < 1.29 is 4.74 Å². The van der Waals surface area contributed by atoms with Gasteiger partial charge in [0.2, 0.25) is 0 Å². The van der Waals surface area contributed by atoms with Crippen molar-refractivity contribution in [1.82, 2.24) is 10.2 Å². The lowest BCUT2D eigenvalue weighted by Gasteiger charge is -2.01. The summed E-state index contributed by atoms with van der Waals surface area (Å²) in [5, 5.41) is 8.29. The van der Waals surface area contributed by atoms with Gasteiger partial charge in [0.05, 0.1) is 23.8 Å². The first-order valence-electron chi connectivity index (χ1n) is 3.48. The first kappa shape index (κ1) is 7.43. The zero-order valence-electron chi connectivity index (χ0n) is 6.47. The number of benzene rings is 1. The Labute approximate surface area is 74.3 Å². The average molecular weight is 183 g/mol. The molecule has 2 rings (SSSR count). The molecule has 12 heavy (non-hydrogen) atoms. The second-order valence-electron chi connectivity index (χ2n) is 2.44. The molecule has 0 spiro atoms. The fraction of sp³-hybridized carbons (Fsp3) is 0.125. The highest BCUT2D eigenvalue weighted by molar-refractivity contribution is 6.32. The molecule has 1 aromatic heterocycles. The van der Waals surface area contributed by atoms with E-state index in [1.807, 2.05) is 6.07 Å². The number of hydrogen-bond acceptors (Lipinski definition) is 2. The molecule has 4 heteroatoms. The third-order valence-corrected chi connectivity index (χ3v) is 2.01. The molecular weight excluding hydrogens is 176 g/mol. The molecule has 0 saturated carbocycles. The van der Waals surface area contributed by atoms with E-state index in [2.05, 4.69) is 10.2 Å². The molecule has 2 aromatic rings. The number of halogens is 1. The zero-order chi connectivity index (χ0) is 8.55. The van der Waals surface area contributed by atoms with Crippen molar-refractivity contribution in [3.8, 4) is 5.75 Å². The number of fused-ring (bicyclic) bond motifs is 1. The van der Waals surface area contributed by atoms with Crippen molar-refractivity contribution in [3.05, 3.63) is 23.4 Å². The Morgan fingerprint density at radius 3 is 3.08 bits per heavy atom. The Morgan fingerprint density at radius 2 is 2.33 bits per heavy atom. The number of aromatic nitrogens is 2. The molecule has 1 N–H and O–H groups in total. The summed E-state index contributed by atoms with van der Waals surface area (Å²) >= 11 is 5.89. The number of nitrogens with one attached hydrogen (secondary N) is 1. The van der Waals surface area contributed by atoms with Crippen LogP contribution in [0.2, 0.25) is 5.02 Å². The van der Waals surface area contributed by atoms with Gasteiger partial charge >= 0.3 is 0 Å². The fourth-order valence-electron chi connectivity index (χ4n) is 1.10. The molecule has 0 aliphatic rings. The molecular formula is C8H7ClN2O. The highest BCUT2D eigenvalue weighted by Crippen LogP contribution is 2.28. The maximum absolute atomic E-state index is 5.89. The molecule has 0 unspecified atom stereocenters. The van der Waals surface area contributed by atoms with Crippen LogP contribution < -0.4 is 4.74 Å². The average Bonchev–Trinajstić information content (AvgIpc) is 2.49. The van der Waals surface area contributed by atoms with Crippen LogP contribution in [0, 0.1) is 0 Å². The van der Waals surface area contributed by atoms with Gasteiger partial charge in [0.1, 0.15) is 5.75 Å². The molecule has 0 radical (unpaired) electrons. The standard InChI is InChI=1S/C8H7ClN2O/c1-12-8-2-5-4-10-11-7(5)3-6(8)9/h2-4H,1H3,(H,10,11). The number of hydrogen-bond donors (Lipinski definition) is 1. The van der Waals surface area contributed by atoms with Gasteiger partial charge in [0.25, 0.3) is 0 Å². The lowest BCUT2D eigenvalue weighted by atomic mass is 10.2. The molecule has 0 atom stereocenters. The summed E-state index contributed by atoms with van der Waals surface area (Å²) in [6, 6.07) is 3.64. The second kappa shape index (κ2) is 2.68. The fourth-order valence-corrected chi connectivity index (χ4v) is 1.34. The maximum atomic E-state index is 5.89. The first-order valence-corrected chi connectivity index (χ1v) is 3.85. The van der Waals surface area contributed by atoms with Crippen LogP contribution in [-0.2, 0) is 0 Å². The Balaban J connectivity index is 2.73. The minimum atomic E-state index is 0.592. The number of rotatable bonds is 1. The minimum absolute atomic E-state index is 0.592. The van der Waals surface area contributed by atoms with E-state index in [-0.39, 0.29) is 0 Å². The summed E-state index contributed by atoms with van der Waals surface area (Å²) in [6.45, 7) is 0. The van der Waals surface area contributed by atoms with Crippen LogP contribution in [-0.4, -0.2) is 17.3 Å². The van der Waals surface area contributed by atoms with E-state index in [0.717, 1.165) is 10.9 Å². The number of methoxy groups -OCH3 is 1. The molecule has 62 valence electrons. The predicted octanol–water partition coefficient (Wildman–Crippen LogP) is 2.22. The van der Waals surface area contributed by atoms with E-state index in [0.29, 0.717) is 10.8 Å². The van der Waals surface area contributed by atoms with Gasteiger partial charge in [-0.05, 0) is 12.1 Å². The summed E-state index contributed by atoms with van der Waals surface area (Å²) < 4.78 is 5.05. The quantitative estimate of drug-likeness (QED) is 0.735. The summed E-state index contributed by atoms with van der Waals surface area (Å²) in [5.74, 6) is 0.672. The summed E-state index contributed by atoms with van der Waals surface area (Å²) in [7, 11) is 1.59. The van der Waals surface area contributed by atoms with Crippen LogP contribution in [0.25, 0.3) is 10.9 Å². The highest BCUT2D eigenvalue weighted by atomic mass is 35.5. The van der Waals surface area contributed by atoms with Gasteiger partial charge in [0.15, 0.2) is 0 Å². The monoisotopic (exact) mass is 182 g/mol. The van der Waals surface area contributed by atoms with Crippen LogP contribution in [0.5, 0.6) is 5.75 Å². The lowest BCUT2D eigenvalue weighted by Crippen LogP contribution is -1.83. The van der Waals surface area contributed by atoms with Crippen molar-refractivity contribution in [2.75, 3.05) is 7.11 Å². The normalized spacial score (nSPS) is 10.5. The number of ether oxygens (including phenoxy) is 1. The van der Waals surface area contributed by atoms with Gasteiger partial charge in [-0.1, -0.05) is 11.6 Å². The molecule has 0 aliphatic carbocycles. The van der Waals surface area contributed by atoms with Crippen LogP contribution in [0.4, 0.5) is 0 Å². The Bertz CT molecular complexity index is 410. The SMILES string of the molecule is COc1cc2cn[nH]c2cc1Cl. The molecule has 0 aliphatic heterocycles. The van der Waals surface area contributed by atoms with Crippen molar-refractivity contribution >= 4 is 22.5 Å². The van der Waals surface area contributed by atoms with E-state index >= 15 is 0 Å². The summed E-state index contributed by atoms with van der Waals surface area (Å²) in [6.07, 6.45) is 1.73. The van der Waals surface area contributed by atoms with Crippen LogP contribution >= 0.6 is 11.6 Å². The molecule has 1 heterocycles. The number of H-pyrrole nitrogens is 1. The highest BCUT2D eigenvalue weighted by Gasteiger charge is 2.03. The molecule has 3 nitrogen and oxygen atoms in total. The third-order valence-electron chi connectivity index (χ3n) is 1.71. The Kier molecular flexibility index (Phi) is 1.66. The van der Waals surface area contributed by atoms with Crippen molar-refractivity contribution in [2.45, 2.75) is 0 Å². The van der Waals surface area contributed by atoms with Crippen molar-refractivity contribution in [1.29, 1.82) is 0 Å². The first-order chi connectivity index (χ1) is 5.81. The van der Waals surface area contributed by atoms with Crippen LogP contribution in [0.15, 0.2) is 18.3 Å². The van der Waals surface area contributed by atoms with Gasteiger partial charge in [-0.15, -0.1) is 0 Å². The molecule has 0 amide bonds. The zero-order valence-corrected chi connectivity index (χ0v) is 7.22. The van der Waals surface area contributed by atoms with Crippen LogP contribution in [0.3, 0.4) is 0 Å². The van der Waals surface area contributed by atoms with E-state index in [1.54, 1.807) is 19.4 Å². The Hall–Kier alpha value is -1.22. The molecule has 1 aromatic carbocycles.